The molecule has 0 bridgehead atoms. The fourth-order valence-electron chi connectivity index (χ4n) is 3.94. The van der Waals surface area contributed by atoms with Crippen molar-refractivity contribution < 1.29 is 14.4 Å². The lowest BCUT2D eigenvalue weighted by molar-refractivity contribution is -0.121. The van der Waals surface area contributed by atoms with Crippen molar-refractivity contribution in [2.75, 3.05) is 26.2 Å². The first-order valence-corrected chi connectivity index (χ1v) is 9.95. The van der Waals surface area contributed by atoms with E-state index < -0.39 is 11.8 Å². The lowest BCUT2D eigenvalue weighted by Gasteiger charge is -2.32. The van der Waals surface area contributed by atoms with E-state index in [4.69, 9.17) is 0 Å². The maximum atomic E-state index is 12.3. The molecule has 4 rings (SSSR count). The molecule has 3 heterocycles. The third-order valence-electron chi connectivity index (χ3n) is 5.60. The Morgan fingerprint density at radius 1 is 1.03 bits per heavy atom. The summed E-state index contributed by atoms with van der Waals surface area (Å²) < 4.78 is 0. The Morgan fingerprint density at radius 3 is 2.34 bits per heavy atom. The number of carbonyl (C=O) groups is 3. The minimum atomic E-state index is -0.399. The molecule has 0 aliphatic carbocycles. The molecular formula is C22H24N4O3. The van der Waals surface area contributed by atoms with Gasteiger partial charge in [-0.2, -0.15) is 0 Å². The van der Waals surface area contributed by atoms with Crippen LogP contribution in [0.15, 0.2) is 48.8 Å². The van der Waals surface area contributed by atoms with Gasteiger partial charge in [-0.3, -0.25) is 29.2 Å². The molecule has 29 heavy (non-hydrogen) atoms. The number of pyridine rings is 1. The molecule has 0 radical (unpaired) electrons. The van der Waals surface area contributed by atoms with Crippen LogP contribution in [0.2, 0.25) is 0 Å². The Kier molecular flexibility index (Phi) is 5.67. The van der Waals surface area contributed by atoms with E-state index in [2.05, 4.69) is 21.3 Å². The zero-order valence-electron chi connectivity index (χ0n) is 16.2. The molecule has 1 fully saturated rings. The van der Waals surface area contributed by atoms with Gasteiger partial charge in [0.25, 0.3) is 11.8 Å². The molecule has 1 N–H and O–H groups in total. The van der Waals surface area contributed by atoms with Gasteiger partial charge in [-0.15, -0.1) is 0 Å². The standard InChI is InChI=1S/C22H24N4O3/c27-20(15-26-21(28)18-5-1-2-6-19(18)22(26)29)24-13-16-7-10-25(11-8-16)14-17-4-3-9-23-12-17/h1-6,9,12,16H,7-8,10-11,13-15H2,(H,24,27). The normalized spacial score (nSPS) is 17.4. The zero-order chi connectivity index (χ0) is 20.2. The molecule has 7 heteroatoms. The van der Waals surface area contributed by atoms with E-state index in [0.717, 1.165) is 37.4 Å². The molecule has 2 aromatic rings. The van der Waals surface area contributed by atoms with E-state index in [9.17, 15) is 14.4 Å². The fourth-order valence-corrected chi connectivity index (χ4v) is 3.94. The second kappa shape index (κ2) is 8.53. The van der Waals surface area contributed by atoms with Gasteiger partial charge in [0.15, 0.2) is 0 Å². The third-order valence-corrected chi connectivity index (χ3v) is 5.60. The molecule has 2 aliphatic rings. The molecule has 0 atom stereocenters. The molecule has 2 aliphatic heterocycles. The summed E-state index contributed by atoms with van der Waals surface area (Å²) in [6, 6.07) is 10.7. The summed E-state index contributed by atoms with van der Waals surface area (Å²) in [5.74, 6) is -0.683. The predicted octanol–water partition coefficient (Wildman–Crippen LogP) is 1.71. The number of imide groups is 1. The number of piperidine rings is 1. The second-order valence-corrected chi connectivity index (χ2v) is 7.63. The van der Waals surface area contributed by atoms with Crippen LogP contribution in [-0.2, 0) is 11.3 Å². The number of aromatic nitrogens is 1. The summed E-state index contributed by atoms with van der Waals surface area (Å²) in [4.78, 5) is 44.6. The van der Waals surface area contributed by atoms with Gasteiger partial charge in [-0.1, -0.05) is 18.2 Å². The maximum absolute atomic E-state index is 12.3. The lowest BCUT2D eigenvalue weighted by Crippen LogP contribution is -2.43. The van der Waals surface area contributed by atoms with Gasteiger partial charge >= 0.3 is 0 Å². The molecule has 1 aromatic carbocycles. The van der Waals surface area contributed by atoms with Crippen molar-refractivity contribution in [2.24, 2.45) is 5.92 Å². The molecule has 150 valence electrons. The van der Waals surface area contributed by atoms with Crippen molar-refractivity contribution in [3.8, 4) is 0 Å². The Labute approximate surface area is 169 Å². The number of fused-ring (bicyclic) bond motifs is 1. The minimum absolute atomic E-state index is 0.230. The number of amides is 3. The van der Waals surface area contributed by atoms with Crippen molar-refractivity contribution in [1.82, 2.24) is 20.1 Å². The van der Waals surface area contributed by atoms with Crippen LogP contribution in [0, 0.1) is 5.92 Å². The van der Waals surface area contributed by atoms with Crippen LogP contribution in [0.25, 0.3) is 0 Å². The molecule has 0 unspecified atom stereocenters. The van der Waals surface area contributed by atoms with Crippen molar-refractivity contribution in [3.05, 3.63) is 65.5 Å². The molecule has 3 amide bonds. The highest BCUT2D eigenvalue weighted by atomic mass is 16.2. The van der Waals surface area contributed by atoms with E-state index in [1.807, 2.05) is 12.3 Å². The number of rotatable bonds is 6. The van der Waals surface area contributed by atoms with E-state index in [0.29, 0.717) is 23.6 Å². The van der Waals surface area contributed by atoms with Crippen LogP contribution in [0.3, 0.4) is 0 Å². The van der Waals surface area contributed by atoms with Crippen LogP contribution in [-0.4, -0.2) is 58.7 Å². The number of benzene rings is 1. The van der Waals surface area contributed by atoms with Gasteiger partial charge in [-0.05, 0) is 55.6 Å². The van der Waals surface area contributed by atoms with E-state index in [1.54, 1.807) is 30.5 Å². The number of hydrogen-bond donors (Lipinski definition) is 1. The number of carbonyl (C=O) groups excluding carboxylic acids is 3. The molecular weight excluding hydrogens is 368 g/mol. The summed E-state index contributed by atoms with van der Waals surface area (Å²) in [6.45, 7) is 3.20. The first-order valence-electron chi connectivity index (χ1n) is 9.95. The number of nitrogens with zero attached hydrogens (tertiary/aromatic N) is 3. The van der Waals surface area contributed by atoms with Crippen LogP contribution in [0.1, 0.15) is 39.1 Å². The summed E-state index contributed by atoms with van der Waals surface area (Å²) >= 11 is 0. The van der Waals surface area contributed by atoms with Gasteiger partial charge in [0.05, 0.1) is 11.1 Å². The molecule has 1 saturated heterocycles. The average molecular weight is 392 g/mol. The minimum Gasteiger partial charge on any atom is -0.354 e. The van der Waals surface area contributed by atoms with Gasteiger partial charge in [-0.25, -0.2) is 0 Å². The largest absolute Gasteiger partial charge is 0.354 e. The number of nitrogens with one attached hydrogen (secondary N) is 1. The van der Waals surface area contributed by atoms with E-state index in [1.165, 1.54) is 5.56 Å². The summed E-state index contributed by atoms with van der Waals surface area (Å²) in [5.41, 5.74) is 1.94. The van der Waals surface area contributed by atoms with Gasteiger partial charge in [0.1, 0.15) is 6.54 Å². The smallest absolute Gasteiger partial charge is 0.262 e. The molecule has 0 saturated carbocycles. The fraction of sp³-hybridized carbons (Fsp3) is 0.364. The monoisotopic (exact) mass is 392 g/mol. The Hall–Kier alpha value is -3.06. The number of likely N-dealkylation sites (tertiary alicyclic amines) is 1. The van der Waals surface area contributed by atoms with Crippen LogP contribution in [0.5, 0.6) is 0 Å². The van der Waals surface area contributed by atoms with Crippen molar-refractivity contribution in [3.63, 3.8) is 0 Å². The summed E-state index contributed by atoms with van der Waals surface area (Å²) in [5, 5.41) is 2.90. The summed E-state index contributed by atoms with van der Waals surface area (Å²) in [6.07, 6.45) is 5.69. The van der Waals surface area contributed by atoms with Crippen LogP contribution >= 0.6 is 0 Å². The quantitative estimate of drug-likeness (QED) is 0.757. The van der Waals surface area contributed by atoms with Gasteiger partial charge < -0.3 is 5.32 Å². The van der Waals surface area contributed by atoms with Crippen LogP contribution in [0.4, 0.5) is 0 Å². The topological polar surface area (TPSA) is 82.6 Å². The highest BCUT2D eigenvalue weighted by Crippen LogP contribution is 2.22. The molecule has 0 spiro atoms. The van der Waals surface area contributed by atoms with Gasteiger partial charge in [0.2, 0.25) is 5.91 Å². The lowest BCUT2D eigenvalue weighted by atomic mass is 9.96. The number of hydrogen-bond acceptors (Lipinski definition) is 5. The maximum Gasteiger partial charge on any atom is 0.262 e. The zero-order valence-corrected chi connectivity index (χ0v) is 16.2. The predicted molar refractivity (Wildman–Crippen MR) is 107 cm³/mol. The first kappa shape index (κ1) is 19.3. The first-order chi connectivity index (χ1) is 14.1. The molecule has 7 nitrogen and oxygen atoms in total. The van der Waals surface area contributed by atoms with Crippen molar-refractivity contribution >= 4 is 17.7 Å². The SMILES string of the molecule is O=C(CN1C(=O)c2ccccc2C1=O)NCC1CCN(Cc2cccnc2)CC1. The Balaban J connectivity index is 1.21. The van der Waals surface area contributed by atoms with Crippen molar-refractivity contribution in [2.45, 2.75) is 19.4 Å². The van der Waals surface area contributed by atoms with E-state index in [-0.39, 0.29) is 12.5 Å². The average Bonchev–Trinajstić information content (AvgIpc) is 2.99. The third kappa shape index (κ3) is 4.35. The second-order valence-electron chi connectivity index (χ2n) is 7.63. The highest BCUT2D eigenvalue weighted by Gasteiger charge is 2.36. The van der Waals surface area contributed by atoms with Crippen LogP contribution < -0.4 is 5.32 Å². The Bertz CT molecular complexity index is 872. The van der Waals surface area contributed by atoms with Crippen molar-refractivity contribution in [1.29, 1.82) is 0 Å². The Morgan fingerprint density at radius 2 is 1.72 bits per heavy atom. The highest BCUT2D eigenvalue weighted by molar-refractivity contribution is 6.22. The molecule has 1 aromatic heterocycles. The van der Waals surface area contributed by atoms with Gasteiger partial charge in [0, 0.05) is 25.5 Å². The van der Waals surface area contributed by atoms with E-state index >= 15 is 0 Å². The summed E-state index contributed by atoms with van der Waals surface area (Å²) in [7, 11) is 0.